The van der Waals surface area contributed by atoms with Gasteiger partial charge < -0.3 is 28.5 Å². The number of nitrogens with zero attached hydrogens (tertiary/aromatic N) is 1. The number of carbonyl (C=O) groups excluding carboxylic acids is 2. The van der Waals surface area contributed by atoms with Crippen LogP contribution in [0.1, 0.15) is 245 Å². The highest BCUT2D eigenvalue weighted by Crippen LogP contribution is 2.16. The number of aliphatic carboxylic acids is 1. The van der Waals surface area contributed by atoms with E-state index in [-0.39, 0.29) is 32.2 Å². The molecule has 2 atom stereocenters. The second-order valence-electron chi connectivity index (χ2n) is 20.6. The third-order valence-electron chi connectivity index (χ3n) is 12.4. The van der Waals surface area contributed by atoms with E-state index in [1.54, 1.807) is 0 Å². The van der Waals surface area contributed by atoms with E-state index >= 15 is 0 Å². The van der Waals surface area contributed by atoms with Crippen LogP contribution in [-0.2, 0) is 33.3 Å². The number of carboxylic acids is 1. The van der Waals surface area contributed by atoms with Crippen LogP contribution in [0.15, 0.2) is 72.9 Å². The molecule has 9 heteroatoms. The Morgan fingerprint density at radius 2 is 0.803 bits per heavy atom. The quantitative estimate of drug-likeness (QED) is 0.0211. The van der Waals surface area contributed by atoms with Crippen molar-refractivity contribution in [2.24, 2.45) is 0 Å². The van der Waals surface area contributed by atoms with E-state index in [4.69, 9.17) is 18.9 Å². The third-order valence-corrected chi connectivity index (χ3v) is 12.4. The van der Waals surface area contributed by atoms with E-state index in [9.17, 15) is 19.5 Å². The first-order valence-corrected chi connectivity index (χ1v) is 29.1. The summed E-state index contributed by atoms with van der Waals surface area (Å²) in [4.78, 5) is 37.4. The SMILES string of the molecule is CC/C=C\C/C=C\C/C=C\C/C=C\CCCCCCCCCCCCC(=O)OC(COC(=O)CCCCCCCCCCCCC/C=C\C/C=C\CCCCCCC)COC(OCC[N+](C)(C)C)C(=O)O. The zero-order valence-corrected chi connectivity index (χ0v) is 46.6. The van der Waals surface area contributed by atoms with E-state index in [2.05, 4.69) is 86.8 Å². The standard InChI is InChI=1S/C62H109NO8/c1-6-8-10-12-14-16-18-20-22-24-26-28-30-32-34-36-38-40-42-44-46-48-50-52-59(64)69-56-58(57-70-62(61(66)67)68-55-54-63(3,4)5)71-60(65)53-51-49-47-45-43-41-39-37-35-33-31-29-27-25-23-21-19-17-15-13-11-9-7-2/h9,11,15,17-18,20-21,23-24,26-27,29,58,62H,6-8,10,12-14,16,19,22,25,28,30-57H2,1-5H3/p+1/b11-9-,17-15-,20-18-,23-21-,26-24-,29-27-. The van der Waals surface area contributed by atoms with Gasteiger partial charge in [0, 0.05) is 12.8 Å². The van der Waals surface area contributed by atoms with Crippen molar-refractivity contribution in [3.8, 4) is 0 Å². The molecule has 0 saturated carbocycles. The van der Waals surface area contributed by atoms with Gasteiger partial charge in [-0.3, -0.25) is 9.59 Å². The van der Waals surface area contributed by atoms with Crippen molar-refractivity contribution in [2.75, 3.05) is 47.5 Å². The van der Waals surface area contributed by atoms with E-state index in [1.807, 2.05) is 21.1 Å². The van der Waals surface area contributed by atoms with Crippen molar-refractivity contribution in [1.29, 1.82) is 0 Å². The smallest absolute Gasteiger partial charge is 0.361 e. The molecule has 0 aliphatic heterocycles. The van der Waals surface area contributed by atoms with Crippen molar-refractivity contribution in [3.05, 3.63) is 72.9 Å². The molecular weight excluding hydrogens is 887 g/mol. The van der Waals surface area contributed by atoms with Crippen molar-refractivity contribution >= 4 is 17.9 Å². The molecule has 0 fully saturated rings. The molecule has 0 aromatic heterocycles. The Kier molecular flexibility index (Phi) is 50.6. The Labute approximate surface area is 437 Å². The van der Waals surface area contributed by atoms with Crippen molar-refractivity contribution in [2.45, 2.75) is 257 Å². The molecule has 0 bridgehead atoms. The number of allylic oxidation sites excluding steroid dienone is 12. The molecule has 0 aliphatic rings. The minimum absolute atomic E-state index is 0.184. The molecule has 410 valence electrons. The van der Waals surface area contributed by atoms with Gasteiger partial charge in [-0.1, -0.05) is 222 Å². The Hall–Kier alpha value is -3.27. The van der Waals surface area contributed by atoms with E-state index in [1.165, 1.54) is 135 Å². The lowest BCUT2D eigenvalue weighted by Gasteiger charge is -2.25. The summed E-state index contributed by atoms with van der Waals surface area (Å²) in [6.07, 6.45) is 65.4. The second kappa shape index (κ2) is 53.0. The molecule has 0 saturated heterocycles. The van der Waals surface area contributed by atoms with Gasteiger partial charge in [0.15, 0.2) is 6.10 Å². The number of carboxylic acid groups (broad SMARTS) is 1. The third kappa shape index (κ3) is 54.3. The number of carbonyl (C=O) groups is 3. The predicted molar refractivity (Wildman–Crippen MR) is 299 cm³/mol. The Morgan fingerprint density at radius 3 is 1.20 bits per heavy atom. The second-order valence-corrected chi connectivity index (χ2v) is 20.6. The maximum atomic E-state index is 12.9. The monoisotopic (exact) mass is 997 g/mol. The molecule has 0 spiro atoms. The highest BCUT2D eigenvalue weighted by Gasteiger charge is 2.25. The maximum Gasteiger partial charge on any atom is 0.361 e. The zero-order valence-electron chi connectivity index (χ0n) is 46.6. The van der Waals surface area contributed by atoms with Crippen LogP contribution in [0.25, 0.3) is 0 Å². The number of likely N-dealkylation sites (N-methyl/N-ethyl adjacent to an activating group) is 1. The summed E-state index contributed by atoms with van der Waals surface area (Å²) < 4.78 is 22.9. The highest BCUT2D eigenvalue weighted by atomic mass is 16.7. The van der Waals surface area contributed by atoms with Gasteiger partial charge in [0.05, 0.1) is 34.4 Å². The van der Waals surface area contributed by atoms with Crippen LogP contribution in [-0.4, -0.2) is 87.4 Å². The summed E-state index contributed by atoms with van der Waals surface area (Å²) in [5, 5.41) is 9.70. The van der Waals surface area contributed by atoms with Crippen LogP contribution in [0, 0.1) is 0 Å². The Morgan fingerprint density at radius 1 is 0.437 bits per heavy atom. The highest BCUT2D eigenvalue weighted by molar-refractivity contribution is 5.71. The number of quaternary nitrogens is 1. The summed E-state index contributed by atoms with van der Waals surface area (Å²) >= 11 is 0. The van der Waals surface area contributed by atoms with Crippen LogP contribution in [0.3, 0.4) is 0 Å². The zero-order chi connectivity index (χ0) is 52.0. The number of hydrogen-bond acceptors (Lipinski definition) is 7. The molecule has 0 heterocycles. The van der Waals surface area contributed by atoms with Crippen LogP contribution in [0.5, 0.6) is 0 Å². The van der Waals surface area contributed by atoms with Gasteiger partial charge in [0.2, 0.25) is 0 Å². The molecule has 0 aromatic rings. The number of rotatable bonds is 53. The molecule has 71 heavy (non-hydrogen) atoms. The first-order valence-electron chi connectivity index (χ1n) is 29.1. The fraction of sp³-hybridized carbons (Fsp3) is 0.758. The van der Waals surface area contributed by atoms with E-state index in [0.29, 0.717) is 23.9 Å². The lowest BCUT2D eigenvalue weighted by atomic mass is 10.0. The van der Waals surface area contributed by atoms with Crippen LogP contribution in [0.4, 0.5) is 0 Å². The summed E-state index contributed by atoms with van der Waals surface area (Å²) in [6.45, 7) is 4.76. The lowest BCUT2D eigenvalue weighted by Crippen LogP contribution is -2.40. The average molecular weight is 998 g/mol. The average Bonchev–Trinajstić information content (AvgIpc) is 3.34. The van der Waals surface area contributed by atoms with Gasteiger partial charge in [0.1, 0.15) is 13.2 Å². The normalized spacial score (nSPS) is 13.3. The Balaban J connectivity index is 4.26. The topological polar surface area (TPSA) is 108 Å². The number of esters is 2. The molecule has 0 rings (SSSR count). The van der Waals surface area contributed by atoms with Crippen LogP contribution in [0.2, 0.25) is 0 Å². The molecule has 9 nitrogen and oxygen atoms in total. The molecule has 0 aliphatic carbocycles. The molecular formula is C62H110NO8+. The van der Waals surface area contributed by atoms with Gasteiger partial charge >= 0.3 is 17.9 Å². The van der Waals surface area contributed by atoms with Gasteiger partial charge in [0.25, 0.3) is 6.29 Å². The Bertz CT molecular complexity index is 1390. The molecule has 2 unspecified atom stereocenters. The minimum Gasteiger partial charge on any atom is -0.477 e. The van der Waals surface area contributed by atoms with Crippen molar-refractivity contribution in [3.63, 3.8) is 0 Å². The molecule has 0 aromatic carbocycles. The van der Waals surface area contributed by atoms with Crippen LogP contribution < -0.4 is 0 Å². The van der Waals surface area contributed by atoms with Gasteiger partial charge in [-0.05, 0) is 83.5 Å². The predicted octanol–water partition coefficient (Wildman–Crippen LogP) is 17.0. The lowest BCUT2D eigenvalue weighted by molar-refractivity contribution is -0.870. The maximum absolute atomic E-state index is 12.9. The number of ether oxygens (including phenoxy) is 4. The minimum atomic E-state index is -1.51. The van der Waals surface area contributed by atoms with Crippen LogP contribution >= 0.6 is 0 Å². The summed E-state index contributed by atoms with van der Waals surface area (Å²) in [7, 11) is 5.97. The van der Waals surface area contributed by atoms with Crippen molar-refractivity contribution < 1.29 is 42.9 Å². The summed E-state index contributed by atoms with van der Waals surface area (Å²) in [6, 6.07) is 0. The first-order chi connectivity index (χ1) is 34.6. The summed E-state index contributed by atoms with van der Waals surface area (Å²) in [5.74, 6) is -2.01. The van der Waals surface area contributed by atoms with E-state index < -0.39 is 24.3 Å². The fourth-order valence-corrected chi connectivity index (χ4v) is 7.98. The van der Waals surface area contributed by atoms with Gasteiger partial charge in [-0.2, -0.15) is 0 Å². The number of unbranched alkanes of at least 4 members (excludes halogenated alkanes) is 26. The van der Waals surface area contributed by atoms with Gasteiger partial charge in [-0.25, -0.2) is 4.79 Å². The van der Waals surface area contributed by atoms with E-state index in [0.717, 1.165) is 77.0 Å². The molecule has 0 amide bonds. The molecule has 1 N–H and O–H groups in total. The largest absolute Gasteiger partial charge is 0.477 e. The summed E-state index contributed by atoms with van der Waals surface area (Å²) in [5.41, 5.74) is 0. The molecule has 0 radical (unpaired) electrons. The van der Waals surface area contributed by atoms with Gasteiger partial charge in [-0.15, -0.1) is 0 Å². The fourth-order valence-electron chi connectivity index (χ4n) is 7.98. The first kappa shape index (κ1) is 67.7. The van der Waals surface area contributed by atoms with Crippen molar-refractivity contribution in [1.82, 2.24) is 0 Å². The number of hydrogen-bond donors (Lipinski definition) is 1.